The summed E-state index contributed by atoms with van der Waals surface area (Å²) in [5, 5.41) is 54.9. The Morgan fingerprint density at radius 1 is 1.00 bits per heavy atom. The quantitative estimate of drug-likeness (QED) is 0.306. The average Bonchev–Trinajstić information content (AvgIpc) is 2.87. The molecule has 1 fully saturated rings. The lowest BCUT2D eigenvalue weighted by Gasteiger charge is -2.44. The Morgan fingerprint density at radius 2 is 1.68 bits per heavy atom. The zero-order valence-corrected chi connectivity index (χ0v) is 21.3. The zero-order valence-electron chi connectivity index (χ0n) is 21.3. The largest absolute Gasteiger partial charge is 0.507 e. The molecule has 11 heteroatoms. The maximum Gasteiger partial charge on any atom is 0.202 e. The van der Waals surface area contributed by atoms with Crippen LogP contribution in [-0.2, 0) is 20.6 Å². The fourth-order valence-corrected chi connectivity index (χ4v) is 5.77. The molecule has 0 amide bonds. The molecule has 0 radical (unpaired) electrons. The molecule has 0 aromatic heterocycles. The smallest absolute Gasteiger partial charge is 0.202 e. The molecule has 0 spiro atoms. The normalized spacial score (nSPS) is 32.4. The number of methoxy groups -OCH3 is 2. The Balaban J connectivity index is 1.65. The predicted octanol–water partition coefficient (Wildman–Crippen LogP) is 1.12. The van der Waals surface area contributed by atoms with Crippen molar-refractivity contribution in [2.45, 2.75) is 69.1 Å². The lowest BCUT2D eigenvalue weighted by Crippen LogP contribution is -2.58. The fraction of sp³-hybridized carbons (Fsp3) is 0.481. The van der Waals surface area contributed by atoms with Gasteiger partial charge in [0, 0.05) is 36.6 Å². The molecular formula is C27H30O11. The number of hydrogen-bond donors (Lipinski definition) is 5. The van der Waals surface area contributed by atoms with E-state index in [0.717, 1.165) is 0 Å². The van der Waals surface area contributed by atoms with Crippen LogP contribution in [0.5, 0.6) is 17.2 Å². The molecule has 1 aliphatic heterocycles. The Kier molecular flexibility index (Phi) is 6.49. The summed E-state index contributed by atoms with van der Waals surface area (Å²) in [6.45, 7) is 3.07. The van der Waals surface area contributed by atoms with Crippen molar-refractivity contribution in [1.82, 2.24) is 0 Å². The number of aliphatic hydroxyl groups excluding tert-OH is 2. The summed E-state index contributed by atoms with van der Waals surface area (Å²) < 4.78 is 22.2. The van der Waals surface area contributed by atoms with E-state index in [2.05, 4.69) is 0 Å². The van der Waals surface area contributed by atoms with Gasteiger partial charge in [0.05, 0.1) is 41.6 Å². The van der Waals surface area contributed by atoms with Gasteiger partial charge in [-0.15, -0.1) is 0 Å². The van der Waals surface area contributed by atoms with E-state index in [1.54, 1.807) is 13.0 Å². The molecule has 5 N–H and O–H groups in total. The SMILES string of the molecule is COc1cccc2c1C(=O)c1c(O)c3c(c(O)c1C2=O)CC(C)(O)CC3OC1OC(C)C(O)C(OC)C1O. The van der Waals surface area contributed by atoms with Gasteiger partial charge in [-0.25, -0.2) is 0 Å². The Bertz CT molecular complexity index is 1320. The minimum atomic E-state index is -1.45. The van der Waals surface area contributed by atoms with Crippen LogP contribution in [0.2, 0.25) is 0 Å². The van der Waals surface area contributed by atoms with Crippen LogP contribution in [0.15, 0.2) is 18.2 Å². The first-order valence-electron chi connectivity index (χ1n) is 12.2. The summed E-state index contributed by atoms with van der Waals surface area (Å²) in [5.74, 6) is -2.38. The number of aromatic hydroxyl groups is 2. The van der Waals surface area contributed by atoms with E-state index in [9.17, 15) is 35.1 Å². The Morgan fingerprint density at radius 3 is 2.34 bits per heavy atom. The molecule has 0 bridgehead atoms. The molecule has 2 aromatic carbocycles. The van der Waals surface area contributed by atoms with Crippen molar-refractivity contribution in [3.05, 3.63) is 51.6 Å². The first-order valence-corrected chi connectivity index (χ1v) is 12.2. The summed E-state index contributed by atoms with van der Waals surface area (Å²) in [5.41, 5.74) is -2.21. The summed E-state index contributed by atoms with van der Waals surface area (Å²) in [4.78, 5) is 27.1. The summed E-state index contributed by atoms with van der Waals surface area (Å²) in [6, 6.07) is 4.48. The van der Waals surface area contributed by atoms with Crippen LogP contribution < -0.4 is 4.74 Å². The predicted molar refractivity (Wildman–Crippen MR) is 130 cm³/mol. The van der Waals surface area contributed by atoms with Gasteiger partial charge in [-0.05, 0) is 19.9 Å². The zero-order chi connectivity index (χ0) is 27.7. The van der Waals surface area contributed by atoms with Crippen molar-refractivity contribution in [2.24, 2.45) is 0 Å². The van der Waals surface area contributed by atoms with E-state index in [-0.39, 0.29) is 46.4 Å². The molecule has 0 saturated carbocycles. The van der Waals surface area contributed by atoms with E-state index in [4.69, 9.17) is 18.9 Å². The molecular weight excluding hydrogens is 500 g/mol. The number of carbonyl (C=O) groups is 2. The highest BCUT2D eigenvalue weighted by atomic mass is 16.7. The number of fused-ring (bicyclic) bond motifs is 3. The van der Waals surface area contributed by atoms with Crippen molar-refractivity contribution in [2.75, 3.05) is 14.2 Å². The van der Waals surface area contributed by atoms with E-state index in [0.29, 0.717) is 0 Å². The molecule has 7 atom stereocenters. The molecule has 38 heavy (non-hydrogen) atoms. The fourth-order valence-electron chi connectivity index (χ4n) is 5.77. The monoisotopic (exact) mass is 530 g/mol. The van der Waals surface area contributed by atoms with Gasteiger partial charge < -0.3 is 44.5 Å². The molecule has 1 heterocycles. The third kappa shape index (κ3) is 3.89. The number of hydrogen-bond acceptors (Lipinski definition) is 11. The molecule has 2 aliphatic carbocycles. The second-order valence-corrected chi connectivity index (χ2v) is 10.3. The molecule has 3 aliphatic rings. The van der Waals surface area contributed by atoms with Crippen LogP contribution in [-0.4, -0.2) is 87.6 Å². The molecule has 2 aromatic rings. The molecule has 11 nitrogen and oxygen atoms in total. The number of benzene rings is 2. The minimum absolute atomic E-state index is 0.00388. The first kappa shape index (κ1) is 26.5. The summed E-state index contributed by atoms with van der Waals surface area (Å²) in [7, 11) is 2.66. The summed E-state index contributed by atoms with van der Waals surface area (Å²) >= 11 is 0. The van der Waals surface area contributed by atoms with Crippen molar-refractivity contribution < 1.29 is 54.1 Å². The van der Waals surface area contributed by atoms with Crippen molar-refractivity contribution >= 4 is 11.6 Å². The molecule has 1 saturated heterocycles. The van der Waals surface area contributed by atoms with Crippen LogP contribution in [0.4, 0.5) is 0 Å². The maximum atomic E-state index is 13.6. The number of phenolic OH excluding ortho intramolecular Hbond substituents is 2. The van der Waals surface area contributed by atoms with E-state index < -0.39 is 71.0 Å². The maximum absolute atomic E-state index is 13.6. The average molecular weight is 531 g/mol. The standard InChI is InChI=1S/C27H30O11/c1-10-19(28)25(36-4)24(33)26(37-10)38-14-9-27(2,34)8-12-16(14)23(32)18-17(21(12)30)20(29)11-6-5-7-13(35-3)15(11)22(18)31/h5-7,10,14,19,24-26,28,30,32-34H,8-9H2,1-4H3. The van der Waals surface area contributed by atoms with E-state index in [1.807, 2.05) is 0 Å². The third-order valence-corrected chi connectivity index (χ3v) is 7.62. The first-order chi connectivity index (χ1) is 17.9. The van der Waals surface area contributed by atoms with Gasteiger partial charge >= 0.3 is 0 Å². The van der Waals surface area contributed by atoms with Gasteiger partial charge in [-0.2, -0.15) is 0 Å². The Labute approximate surface area is 218 Å². The van der Waals surface area contributed by atoms with Crippen molar-refractivity contribution in [1.29, 1.82) is 0 Å². The van der Waals surface area contributed by atoms with Crippen LogP contribution in [0.3, 0.4) is 0 Å². The summed E-state index contributed by atoms with van der Waals surface area (Å²) in [6.07, 6.45) is -7.17. The third-order valence-electron chi connectivity index (χ3n) is 7.62. The number of carbonyl (C=O) groups excluding carboxylic acids is 2. The number of aliphatic hydroxyl groups is 3. The molecule has 5 rings (SSSR count). The van der Waals surface area contributed by atoms with Gasteiger partial charge in [0.1, 0.15) is 35.6 Å². The van der Waals surface area contributed by atoms with Gasteiger partial charge in [-0.3, -0.25) is 9.59 Å². The van der Waals surface area contributed by atoms with Gasteiger partial charge in [-0.1, -0.05) is 12.1 Å². The highest BCUT2D eigenvalue weighted by molar-refractivity contribution is 6.31. The van der Waals surface area contributed by atoms with Gasteiger partial charge in [0.2, 0.25) is 5.78 Å². The second-order valence-electron chi connectivity index (χ2n) is 10.3. The van der Waals surface area contributed by atoms with E-state index >= 15 is 0 Å². The van der Waals surface area contributed by atoms with Crippen LogP contribution in [0, 0.1) is 0 Å². The lowest BCUT2D eigenvalue weighted by molar-refractivity contribution is -0.311. The highest BCUT2D eigenvalue weighted by Gasteiger charge is 2.49. The number of phenols is 2. The van der Waals surface area contributed by atoms with Crippen molar-refractivity contribution in [3.63, 3.8) is 0 Å². The number of ether oxygens (including phenoxy) is 4. The highest BCUT2D eigenvalue weighted by Crippen LogP contribution is 2.52. The van der Waals surface area contributed by atoms with Gasteiger partial charge in [0.15, 0.2) is 12.1 Å². The minimum Gasteiger partial charge on any atom is -0.507 e. The number of rotatable bonds is 4. The van der Waals surface area contributed by atoms with Crippen molar-refractivity contribution in [3.8, 4) is 17.2 Å². The van der Waals surface area contributed by atoms with Gasteiger partial charge in [0.25, 0.3) is 0 Å². The topological polar surface area (TPSA) is 172 Å². The van der Waals surface area contributed by atoms with Crippen LogP contribution in [0.1, 0.15) is 69.3 Å². The van der Waals surface area contributed by atoms with Crippen LogP contribution >= 0.6 is 0 Å². The second kappa shape index (κ2) is 9.30. The van der Waals surface area contributed by atoms with E-state index in [1.165, 1.54) is 33.3 Å². The molecule has 204 valence electrons. The lowest BCUT2D eigenvalue weighted by atomic mass is 9.73. The molecule has 7 unspecified atom stereocenters. The van der Waals surface area contributed by atoms with Crippen LogP contribution in [0.25, 0.3) is 0 Å². The Hall–Kier alpha value is -3.06. The number of ketones is 2.